The van der Waals surface area contributed by atoms with Crippen molar-refractivity contribution in [1.29, 1.82) is 0 Å². The summed E-state index contributed by atoms with van der Waals surface area (Å²) in [6, 6.07) is 1.25. The van der Waals surface area contributed by atoms with E-state index in [1.165, 1.54) is 44.9 Å². The second-order valence-electron chi connectivity index (χ2n) is 9.24. The van der Waals surface area contributed by atoms with Crippen LogP contribution in [-0.2, 0) is 9.53 Å². The van der Waals surface area contributed by atoms with Crippen LogP contribution in [0.15, 0.2) is 12.2 Å². The lowest BCUT2D eigenvalue weighted by atomic mass is 9.57. The van der Waals surface area contributed by atoms with Crippen LogP contribution in [0.5, 0.6) is 0 Å². The highest BCUT2D eigenvalue weighted by Crippen LogP contribution is 2.53. The van der Waals surface area contributed by atoms with Crippen LogP contribution in [0.2, 0.25) is 0 Å². The van der Waals surface area contributed by atoms with E-state index in [4.69, 9.17) is 4.74 Å². The number of likely N-dealkylation sites (tertiary alicyclic amines) is 1. The Kier molecular flexibility index (Phi) is 4.96. The zero-order valence-corrected chi connectivity index (χ0v) is 16.2. The molecule has 8 atom stereocenters. The molecule has 0 bridgehead atoms. The summed E-state index contributed by atoms with van der Waals surface area (Å²) in [6.45, 7) is 4.47. The van der Waals surface area contributed by atoms with Gasteiger partial charge in [-0.05, 0) is 64.3 Å². The van der Waals surface area contributed by atoms with E-state index >= 15 is 0 Å². The van der Waals surface area contributed by atoms with Crippen LogP contribution >= 0.6 is 0 Å². The Morgan fingerprint density at radius 2 is 1.84 bits per heavy atom. The summed E-state index contributed by atoms with van der Waals surface area (Å²) < 4.78 is 5.69. The molecular weight excluding hydrogens is 310 g/mol. The lowest BCUT2D eigenvalue weighted by Gasteiger charge is -2.46. The summed E-state index contributed by atoms with van der Waals surface area (Å²) in [7, 11) is 2.27. The van der Waals surface area contributed by atoms with E-state index in [1.807, 2.05) is 0 Å². The lowest BCUT2D eigenvalue weighted by Crippen LogP contribution is -2.44. The van der Waals surface area contributed by atoms with E-state index in [1.54, 1.807) is 0 Å². The Bertz CT molecular complexity index is 530. The van der Waals surface area contributed by atoms with E-state index < -0.39 is 0 Å². The molecule has 0 N–H and O–H groups in total. The fraction of sp³-hybridized carbons (Fsp3) is 0.864. The highest BCUT2D eigenvalue weighted by atomic mass is 16.6. The molecule has 2 aliphatic heterocycles. The highest BCUT2D eigenvalue weighted by molar-refractivity contribution is 5.75. The minimum atomic E-state index is 0.0864. The van der Waals surface area contributed by atoms with Gasteiger partial charge in [0, 0.05) is 18.0 Å². The first-order chi connectivity index (χ1) is 12.1. The number of fused-ring (bicyclic) bond motifs is 2. The maximum atomic E-state index is 12.4. The predicted octanol–water partition coefficient (Wildman–Crippen LogP) is 4.42. The molecule has 2 heterocycles. The molecule has 0 spiro atoms. The van der Waals surface area contributed by atoms with Crippen molar-refractivity contribution < 1.29 is 9.53 Å². The SMILES string of the molecule is C[C@@H]1OC(=O)[C@@H]2C[C@H]3CCCC[C@H]3[C@@H](/C=C/[C@H]3CCC[C@@H](C)N3C)[C@@H]12. The number of cyclic esters (lactones) is 1. The van der Waals surface area contributed by atoms with Gasteiger partial charge in [0.2, 0.25) is 0 Å². The second kappa shape index (κ2) is 7.06. The molecule has 2 saturated carbocycles. The van der Waals surface area contributed by atoms with Gasteiger partial charge in [-0.3, -0.25) is 9.69 Å². The Labute approximate surface area is 153 Å². The zero-order chi connectivity index (χ0) is 17.6. The number of rotatable bonds is 2. The molecule has 0 amide bonds. The molecule has 3 nitrogen and oxygen atoms in total. The third-order valence-corrected chi connectivity index (χ3v) is 7.97. The van der Waals surface area contributed by atoms with Crippen LogP contribution in [0.3, 0.4) is 0 Å². The van der Waals surface area contributed by atoms with Crippen molar-refractivity contribution >= 4 is 5.97 Å². The summed E-state index contributed by atoms with van der Waals surface area (Å²) in [4.78, 5) is 14.9. The number of allylic oxidation sites excluding steroid dienone is 1. The molecule has 4 rings (SSSR count). The van der Waals surface area contributed by atoms with Crippen molar-refractivity contribution in [1.82, 2.24) is 4.90 Å². The molecular formula is C22H35NO2. The first kappa shape index (κ1) is 17.6. The van der Waals surface area contributed by atoms with Crippen LogP contribution in [-0.4, -0.2) is 36.1 Å². The van der Waals surface area contributed by atoms with E-state index in [9.17, 15) is 4.79 Å². The van der Waals surface area contributed by atoms with Crippen LogP contribution in [0.1, 0.15) is 65.2 Å². The number of esters is 1. The molecule has 3 heteroatoms. The number of ether oxygens (including phenoxy) is 1. The predicted molar refractivity (Wildman–Crippen MR) is 100 cm³/mol. The minimum Gasteiger partial charge on any atom is -0.462 e. The molecule has 140 valence electrons. The molecule has 0 aromatic rings. The summed E-state index contributed by atoms with van der Waals surface area (Å²) in [6.07, 6.45) is 15.5. The molecule has 2 aliphatic carbocycles. The van der Waals surface area contributed by atoms with Gasteiger partial charge in [-0.2, -0.15) is 0 Å². The molecule has 25 heavy (non-hydrogen) atoms. The van der Waals surface area contributed by atoms with Crippen molar-refractivity contribution in [3.63, 3.8) is 0 Å². The van der Waals surface area contributed by atoms with E-state index in [-0.39, 0.29) is 18.0 Å². The van der Waals surface area contributed by atoms with Crippen molar-refractivity contribution in [2.75, 3.05) is 7.05 Å². The zero-order valence-electron chi connectivity index (χ0n) is 16.2. The van der Waals surface area contributed by atoms with E-state index in [0.717, 1.165) is 18.3 Å². The lowest BCUT2D eigenvalue weighted by molar-refractivity contribution is -0.144. The second-order valence-corrected chi connectivity index (χ2v) is 9.24. The van der Waals surface area contributed by atoms with Crippen molar-refractivity contribution in [2.24, 2.45) is 29.6 Å². The summed E-state index contributed by atoms with van der Waals surface area (Å²) in [5.41, 5.74) is 0. The van der Waals surface area contributed by atoms with Gasteiger partial charge in [-0.25, -0.2) is 0 Å². The normalized spacial score (nSPS) is 48.2. The number of likely N-dealkylation sites (N-methyl/N-ethyl adjacent to an activating group) is 1. The monoisotopic (exact) mass is 345 g/mol. The first-order valence-electron chi connectivity index (χ1n) is 10.7. The average molecular weight is 346 g/mol. The van der Waals surface area contributed by atoms with Gasteiger partial charge in [-0.1, -0.05) is 37.8 Å². The third-order valence-electron chi connectivity index (χ3n) is 7.97. The quantitative estimate of drug-likeness (QED) is 0.548. The number of carbonyl (C=O) groups excluding carboxylic acids is 1. The first-order valence-corrected chi connectivity index (χ1v) is 10.7. The fourth-order valence-electron chi connectivity index (χ4n) is 6.43. The van der Waals surface area contributed by atoms with Gasteiger partial charge in [-0.15, -0.1) is 0 Å². The largest absolute Gasteiger partial charge is 0.462 e. The number of hydrogen-bond acceptors (Lipinski definition) is 3. The standard InChI is InChI=1S/C22H35NO2/c1-14-7-6-9-17(23(14)3)11-12-19-18-10-5-4-8-16(18)13-20-21(19)15(2)25-22(20)24/h11-12,14-21H,4-10,13H2,1-3H3/b12-11+/t14-,15+,16-,17-,18-,19-,20-,21-/m1/s1. The maximum absolute atomic E-state index is 12.4. The molecule has 0 unspecified atom stereocenters. The summed E-state index contributed by atoms with van der Waals surface area (Å²) in [5, 5.41) is 0. The minimum absolute atomic E-state index is 0.0864. The highest BCUT2D eigenvalue weighted by Gasteiger charge is 2.53. The Morgan fingerprint density at radius 3 is 2.68 bits per heavy atom. The molecule has 4 aliphatic rings. The molecule has 0 aromatic heterocycles. The third kappa shape index (κ3) is 3.18. The van der Waals surface area contributed by atoms with Crippen molar-refractivity contribution in [2.45, 2.75) is 83.4 Å². The van der Waals surface area contributed by atoms with E-state index in [2.05, 4.69) is 37.9 Å². The van der Waals surface area contributed by atoms with Crippen LogP contribution in [0.4, 0.5) is 0 Å². The van der Waals surface area contributed by atoms with Crippen molar-refractivity contribution in [3.8, 4) is 0 Å². The molecule has 2 saturated heterocycles. The molecule has 0 radical (unpaired) electrons. The summed E-state index contributed by atoms with van der Waals surface area (Å²) in [5.74, 6) is 2.71. The van der Waals surface area contributed by atoms with Crippen LogP contribution in [0, 0.1) is 29.6 Å². The number of hydrogen-bond donors (Lipinski definition) is 0. The van der Waals surface area contributed by atoms with Gasteiger partial charge >= 0.3 is 5.97 Å². The summed E-state index contributed by atoms with van der Waals surface area (Å²) >= 11 is 0. The van der Waals surface area contributed by atoms with Crippen LogP contribution < -0.4 is 0 Å². The van der Waals surface area contributed by atoms with Gasteiger partial charge in [0.15, 0.2) is 0 Å². The van der Waals surface area contributed by atoms with Gasteiger partial charge in [0.1, 0.15) is 6.10 Å². The Hall–Kier alpha value is -0.830. The van der Waals surface area contributed by atoms with Gasteiger partial charge in [0.05, 0.1) is 5.92 Å². The Morgan fingerprint density at radius 1 is 1.04 bits per heavy atom. The Balaban J connectivity index is 1.57. The van der Waals surface area contributed by atoms with E-state index in [0.29, 0.717) is 23.9 Å². The maximum Gasteiger partial charge on any atom is 0.309 e. The molecule has 0 aromatic carbocycles. The van der Waals surface area contributed by atoms with Crippen LogP contribution in [0.25, 0.3) is 0 Å². The number of nitrogens with zero attached hydrogens (tertiary/aromatic N) is 1. The number of carbonyl (C=O) groups is 1. The van der Waals surface area contributed by atoms with Crippen molar-refractivity contribution in [3.05, 3.63) is 12.2 Å². The average Bonchev–Trinajstić information content (AvgIpc) is 2.89. The number of piperidine rings is 1. The van der Waals surface area contributed by atoms with Gasteiger partial charge < -0.3 is 4.74 Å². The van der Waals surface area contributed by atoms with Gasteiger partial charge in [0.25, 0.3) is 0 Å². The molecule has 4 fully saturated rings. The topological polar surface area (TPSA) is 29.5 Å². The fourth-order valence-corrected chi connectivity index (χ4v) is 6.43. The smallest absolute Gasteiger partial charge is 0.309 e.